The van der Waals surface area contributed by atoms with Gasteiger partial charge in [0, 0.05) is 102 Å². The van der Waals surface area contributed by atoms with Crippen LogP contribution in [0.5, 0.6) is 0 Å². The van der Waals surface area contributed by atoms with Crippen LogP contribution in [-0.2, 0) is 65.4 Å². The summed E-state index contributed by atoms with van der Waals surface area (Å²) in [6.45, 7) is 22.7. The van der Waals surface area contributed by atoms with Crippen LogP contribution in [0.15, 0.2) is 182 Å². The number of hydrogen-bond acceptors (Lipinski definition) is 24. The number of rotatable bonds is 32. The molecule has 0 fully saturated rings. The van der Waals surface area contributed by atoms with E-state index in [1.807, 2.05) is 66.9 Å². The minimum atomic E-state index is -0.927. The molecule has 0 amide bonds. The second-order valence-electron chi connectivity index (χ2n) is 26.1. The summed E-state index contributed by atoms with van der Waals surface area (Å²) in [6.07, 6.45) is 33.9. The number of carboxylic acids is 1. The number of carbonyl (C=O) groups excluding carboxylic acids is 8. The van der Waals surface area contributed by atoms with Crippen molar-refractivity contribution in [3.8, 4) is 0 Å². The molecule has 123 heavy (non-hydrogen) atoms. The number of nitrogen functional groups attached to an aromatic ring is 1. The number of esters is 5. The molecule has 13 N–H and O–H groups in total. The summed E-state index contributed by atoms with van der Waals surface area (Å²) in [7, 11) is 0. The van der Waals surface area contributed by atoms with Crippen molar-refractivity contribution in [3.05, 3.63) is 261 Å². The molecule has 0 aliphatic rings. The van der Waals surface area contributed by atoms with Crippen molar-refractivity contribution in [2.75, 3.05) is 45.4 Å². The van der Waals surface area contributed by atoms with E-state index < -0.39 is 5.97 Å². The fraction of sp³-hybridized carbons (Fsp3) is 0.333. The Morgan fingerprint density at radius 3 is 1.22 bits per heavy atom. The van der Waals surface area contributed by atoms with Crippen LogP contribution in [-0.4, -0.2) is 186 Å². The number of Topliss-reactive ketones (excluding diaryl/α,β-unsaturated/α-hetero) is 2. The van der Waals surface area contributed by atoms with E-state index in [9.17, 15) is 43.2 Å². The van der Waals surface area contributed by atoms with Crippen LogP contribution in [0.2, 0.25) is 0 Å². The van der Waals surface area contributed by atoms with Gasteiger partial charge in [0.15, 0.2) is 17.6 Å². The van der Waals surface area contributed by atoms with Crippen LogP contribution >= 0.6 is 15.9 Å². The van der Waals surface area contributed by atoms with E-state index in [2.05, 4.69) is 83.4 Å². The van der Waals surface area contributed by atoms with Gasteiger partial charge in [0.2, 0.25) is 0 Å². The van der Waals surface area contributed by atoms with E-state index in [-0.39, 0.29) is 107 Å². The summed E-state index contributed by atoms with van der Waals surface area (Å²) in [5.41, 5.74) is 16.8. The Kier molecular flexibility index (Phi) is 56.8. The normalized spacial score (nSPS) is 10.6. The third-order valence-electron chi connectivity index (χ3n) is 15.8. The summed E-state index contributed by atoms with van der Waals surface area (Å²) in [6, 6.07) is 29.6. The van der Waals surface area contributed by atoms with Gasteiger partial charge in [0.1, 0.15) is 51.5 Å². The van der Waals surface area contributed by atoms with E-state index in [1.54, 1.807) is 173 Å². The van der Waals surface area contributed by atoms with Crippen LogP contribution in [0.25, 0.3) is 34.2 Å². The summed E-state index contributed by atoms with van der Waals surface area (Å²) in [5.74, 6) is -2.01. The molecular weight excluding hydrogens is 1660 g/mol. The second kappa shape index (κ2) is 64.0. The van der Waals surface area contributed by atoms with Gasteiger partial charge in [0.25, 0.3) is 0 Å². The summed E-state index contributed by atoms with van der Waals surface area (Å²) in [4.78, 5) is 137. The first-order valence-corrected chi connectivity index (χ1v) is 40.2. The maximum Gasteiger partial charge on any atom is 1.00 e. The molecule has 0 aromatic carbocycles. The van der Waals surface area contributed by atoms with Gasteiger partial charge in [-0.2, -0.15) is 0 Å². The predicted octanol–water partition coefficient (Wildman–Crippen LogP) is 12.6. The van der Waals surface area contributed by atoms with Gasteiger partial charge in [-0.05, 0) is 274 Å². The van der Waals surface area contributed by atoms with Crippen LogP contribution < -0.4 is 35.3 Å². The number of aryl methyl sites for hydroxylation is 5. The maximum absolute atomic E-state index is 11.6. The number of aromatic amines is 6. The van der Waals surface area contributed by atoms with Gasteiger partial charge in [-0.1, -0.05) is 30.4 Å². The van der Waals surface area contributed by atoms with Gasteiger partial charge in [-0.3, -0.25) is 9.59 Å². The van der Waals surface area contributed by atoms with Gasteiger partial charge in [-0.25, -0.2) is 53.7 Å². The summed E-state index contributed by atoms with van der Waals surface area (Å²) >= 11 is 3.21. The molecule has 0 radical (unpaired) electrons. The maximum atomic E-state index is 11.6. The Bertz CT molecular complexity index is 5000. The number of carbonyl (C=O) groups is 9. The van der Waals surface area contributed by atoms with Crippen LogP contribution in [0.4, 0.5) is 5.82 Å². The first kappa shape index (κ1) is 109. The number of carboxylic acid groups (broad SMARTS) is 1. The molecule has 0 saturated carbocycles. The molecule has 2 unspecified atom stereocenters. The molecule has 0 saturated heterocycles. The number of anilines is 1. The van der Waals surface area contributed by atoms with Gasteiger partial charge in [-0.15, -0.1) is 6.58 Å². The minimum absolute atomic E-state index is 0. The largest absolute Gasteiger partial charge is 1.00 e. The zero-order valence-corrected chi connectivity index (χ0v) is 75.2. The standard InChI is InChI=1S/C18H19N3O2.C16H15N3O2.2C12H17NO3.C12H15NO3.C7H8BrNO2.C6H6N2O.C5H10O.C2H6O.Na.H2O/c1-2-23-18(22)16-11-13(12-20-16)5-3-7-15-9-8-14-6-4-10-19-17(14)21-15;20-16(21)14-9-11(10-18-14)3-1-5-13-7-6-12-4-2-8-17-15(12)19-13;3*1-3-16-12(15)11-7-10(8-13-11)6-4-5-9(2)14;1-2-11-7(10)6-3-5(8)4-9-6;7-6-5(4-9)2-1-3-8-6;1-3-4-5(2)6;1-2-3;;/h4,6,8-12,20H,2-3,5,7H2,1H3;2,4,6-10,18H,1,3,5H2,(H,20,21);7-8,13H,3-6H2,1-2H3;4,6-9,13-14H,3,5H2,1-2H3;4,6-8,13H,3,5H2,1-2H3;3-4,9H,2H2,1H3;1-4H,(H2,7,8);3,5-6H,1,4H2,2H3;3H,2H2,1H3;;1H2/q;;;;;;;;;+1;/p-1/b;;;2*6-4+;;;;;;. The van der Waals surface area contributed by atoms with Crippen molar-refractivity contribution in [2.24, 2.45) is 0 Å². The number of ketones is 2. The van der Waals surface area contributed by atoms with Crippen LogP contribution in [0.3, 0.4) is 0 Å². The number of nitrogens with one attached hydrogen (secondary N) is 6. The number of aromatic carboxylic acids is 1. The number of H-pyrrole nitrogens is 6. The number of aromatic nitrogens is 11. The number of hydrogen-bond donors (Lipinski definition) is 11. The molecule has 11 aromatic heterocycles. The minimum Gasteiger partial charge on any atom is -0.870 e. The molecule has 0 aliphatic heterocycles. The van der Waals surface area contributed by atoms with Crippen molar-refractivity contribution >= 4 is 110 Å². The zero-order chi connectivity index (χ0) is 89.3. The predicted molar refractivity (Wildman–Crippen MR) is 471 cm³/mol. The number of aldehydes is 1. The third-order valence-corrected chi connectivity index (χ3v) is 16.3. The zero-order valence-electron chi connectivity index (χ0n) is 71.6. The molecule has 33 heteroatoms. The fourth-order valence-corrected chi connectivity index (χ4v) is 10.5. The smallest absolute Gasteiger partial charge is 0.870 e. The van der Waals surface area contributed by atoms with Gasteiger partial charge < -0.3 is 90.0 Å². The van der Waals surface area contributed by atoms with Crippen molar-refractivity contribution in [1.29, 1.82) is 0 Å². The Morgan fingerprint density at radius 1 is 0.496 bits per heavy atom. The Balaban J connectivity index is 0.000000714. The van der Waals surface area contributed by atoms with Crippen LogP contribution in [0, 0.1) is 0 Å². The number of aliphatic hydroxyl groups is 3. The van der Waals surface area contributed by atoms with Crippen molar-refractivity contribution in [1.82, 2.24) is 54.8 Å². The van der Waals surface area contributed by atoms with E-state index >= 15 is 0 Å². The molecule has 11 aromatic rings. The quantitative estimate of drug-likeness (QED) is 0.00613. The van der Waals surface area contributed by atoms with E-state index in [0.717, 1.165) is 117 Å². The molecule has 2 atom stereocenters. The van der Waals surface area contributed by atoms with Crippen molar-refractivity contribution < 1.29 is 122 Å². The number of aliphatic hydroxyl groups excluding tert-OH is 3. The molecule has 656 valence electrons. The number of pyridine rings is 5. The topological polar surface area (TPSA) is 496 Å². The first-order valence-electron chi connectivity index (χ1n) is 39.4. The van der Waals surface area contributed by atoms with Crippen LogP contribution in [0.1, 0.15) is 227 Å². The van der Waals surface area contributed by atoms with E-state index in [0.29, 0.717) is 99.0 Å². The average molecular weight is 1770 g/mol. The Labute approximate surface area is 746 Å². The third kappa shape index (κ3) is 46.1. The number of nitrogens with zero attached hydrogens (tertiary/aromatic N) is 5. The molecule has 11 heterocycles. The summed E-state index contributed by atoms with van der Waals surface area (Å²) in [5, 5.41) is 36.1. The van der Waals surface area contributed by atoms with Gasteiger partial charge in [0.05, 0.1) is 50.8 Å². The molecule has 11 rings (SSSR count). The van der Waals surface area contributed by atoms with E-state index in [1.165, 1.54) is 6.92 Å². The van der Waals surface area contributed by atoms with E-state index in [4.69, 9.17) is 49.8 Å². The monoisotopic (exact) mass is 1770 g/mol. The first-order chi connectivity index (χ1) is 58.1. The summed E-state index contributed by atoms with van der Waals surface area (Å²) < 4.78 is 25.1. The van der Waals surface area contributed by atoms with Gasteiger partial charge >= 0.3 is 65.4 Å². The number of fused-ring (bicyclic) bond motifs is 2. The van der Waals surface area contributed by atoms with Crippen molar-refractivity contribution in [2.45, 2.75) is 158 Å². The Hall–Kier alpha value is -11.9. The molecule has 0 bridgehead atoms. The molecule has 0 aliphatic carbocycles. The van der Waals surface area contributed by atoms with Crippen molar-refractivity contribution in [3.63, 3.8) is 0 Å². The molecular formula is C90H114BrN12NaO19. The molecule has 0 spiro atoms. The number of nitrogens with two attached hydrogens (primary N) is 1. The number of ether oxygens (including phenoxy) is 5. The number of halogens is 1. The SMILES string of the molecule is C=CCC(C)O.CCO.CCOC(=O)c1cc(/C=C/CC(C)=O)c[nH]1.CCOC(=O)c1cc(/C=C/CC(C)O)c[nH]1.CCOC(=O)c1cc(Br)c[nH]1.CCOC(=O)c1cc(CCCC(C)=O)c[nH]1.CCOC(=O)c1cc(CCCc2ccc3cccnc3n2)c[nH]1.Nc1ncccc1C=O.O=C(O)c1cc(CCCc2ccc3cccnc3n2)c[nH]1.[Na+].[OH-]. The number of allylic oxidation sites excluding steroid dienone is 1. The second-order valence-corrected chi connectivity index (χ2v) is 27.1. The average Bonchev–Trinajstić information content (AvgIpc) is 1.85. The molecule has 31 nitrogen and oxygen atoms in total. The fourth-order valence-electron chi connectivity index (χ4n) is 10.2. The Morgan fingerprint density at radius 2 is 0.870 bits per heavy atom.